The number of halogens is 1. The molecule has 0 bridgehead atoms. The number of H-pyrrole nitrogens is 1. The van der Waals surface area contributed by atoms with Crippen molar-refractivity contribution in [3.05, 3.63) is 53.5 Å². The SMILES string of the molecule is CON(C)C(=O)c1ccc2[nH]ncc2c1Nc1ccc(C)cc1F. The average Bonchev–Trinajstić information content (AvgIpc) is 3.05. The number of amides is 1. The molecule has 1 amide bonds. The number of hydrogen-bond donors (Lipinski definition) is 2. The molecule has 0 atom stereocenters. The van der Waals surface area contributed by atoms with Crippen LogP contribution in [0.1, 0.15) is 15.9 Å². The molecule has 3 rings (SSSR count). The minimum atomic E-state index is -0.394. The zero-order valence-electron chi connectivity index (χ0n) is 13.6. The number of hydroxylamine groups is 2. The quantitative estimate of drug-likeness (QED) is 0.720. The maximum atomic E-state index is 14.2. The number of aromatic amines is 1. The highest BCUT2D eigenvalue weighted by Gasteiger charge is 2.20. The standard InChI is InChI=1S/C17H17FN4O2/c1-10-4-6-15(13(18)8-10)20-16-11(17(23)22(2)24-3)5-7-14-12(16)9-19-21-14/h4-9,20H,1-3H3,(H,19,21). The van der Waals surface area contributed by atoms with Gasteiger partial charge >= 0.3 is 0 Å². The van der Waals surface area contributed by atoms with Gasteiger partial charge in [0.15, 0.2) is 0 Å². The molecule has 0 aliphatic carbocycles. The van der Waals surface area contributed by atoms with Crippen LogP contribution < -0.4 is 5.32 Å². The first-order valence-electron chi connectivity index (χ1n) is 7.32. The molecule has 2 aromatic carbocycles. The van der Waals surface area contributed by atoms with E-state index in [4.69, 9.17) is 4.84 Å². The van der Waals surface area contributed by atoms with E-state index < -0.39 is 5.82 Å². The van der Waals surface area contributed by atoms with Gasteiger partial charge in [0.05, 0.1) is 35.8 Å². The Hall–Kier alpha value is -2.93. The van der Waals surface area contributed by atoms with Gasteiger partial charge in [0, 0.05) is 12.4 Å². The first-order valence-corrected chi connectivity index (χ1v) is 7.32. The zero-order chi connectivity index (χ0) is 17.3. The Morgan fingerprint density at radius 2 is 2.12 bits per heavy atom. The molecule has 0 fully saturated rings. The Bertz CT molecular complexity index is 907. The minimum absolute atomic E-state index is 0.281. The van der Waals surface area contributed by atoms with Gasteiger partial charge in [0.2, 0.25) is 0 Å². The van der Waals surface area contributed by atoms with Crippen LogP contribution in [0.25, 0.3) is 10.9 Å². The van der Waals surface area contributed by atoms with Crippen LogP contribution in [0.3, 0.4) is 0 Å². The van der Waals surface area contributed by atoms with Crippen LogP contribution in [-0.4, -0.2) is 35.3 Å². The predicted molar refractivity (Wildman–Crippen MR) is 89.6 cm³/mol. The number of aryl methyl sites for hydroxylation is 1. The third kappa shape index (κ3) is 2.81. The third-order valence-corrected chi connectivity index (χ3v) is 3.80. The van der Waals surface area contributed by atoms with Gasteiger partial charge in [-0.3, -0.25) is 14.7 Å². The second-order valence-corrected chi connectivity index (χ2v) is 5.41. The molecule has 3 aromatic rings. The maximum absolute atomic E-state index is 14.2. The van der Waals surface area contributed by atoms with Gasteiger partial charge in [0.25, 0.3) is 5.91 Å². The Balaban J connectivity index is 2.13. The lowest BCUT2D eigenvalue weighted by Crippen LogP contribution is -2.26. The van der Waals surface area contributed by atoms with Crippen molar-refractivity contribution in [3.8, 4) is 0 Å². The normalized spacial score (nSPS) is 10.8. The molecule has 24 heavy (non-hydrogen) atoms. The van der Waals surface area contributed by atoms with Gasteiger partial charge in [-0.15, -0.1) is 0 Å². The van der Waals surface area contributed by atoms with Crippen molar-refractivity contribution in [1.82, 2.24) is 15.3 Å². The van der Waals surface area contributed by atoms with Crippen molar-refractivity contribution in [1.29, 1.82) is 0 Å². The Kier molecular flexibility index (Phi) is 4.18. The zero-order valence-corrected chi connectivity index (χ0v) is 13.6. The molecular formula is C17H17FN4O2. The van der Waals surface area contributed by atoms with Gasteiger partial charge in [-0.1, -0.05) is 6.07 Å². The molecule has 0 saturated heterocycles. The highest BCUT2D eigenvalue weighted by molar-refractivity contribution is 6.08. The van der Waals surface area contributed by atoms with Crippen molar-refractivity contribution in [2.45, 2.75) is 6.92 Å². The summed E-state index contributed by atoms with van der Waals surface area (Å²) in [6.07, 6.45) is 1.59. The second kappa shape index (κ2) is 6.29. The van der Waals surface area contributed by atoms with E-state index in [0.29, 0.717) is 16.6 Å². The van der Waals surface area contributed by atoms with E-state index in [-0.39, 0.29) is 11.6 Å². The maximum Gasteiger partial charge on any atom is 0.279 e. The van der Waals surface area contributed by atoms with E-state index in [1.54, 1.807) is 30.5 Å². The van der Waals surface area contributed by atoms with E-state index in [0.717, 1.165) is 16.1 Å². The largest absolute Gasteiger partial charge is 0.352 e. The van der Waals surface area contributed by atoms with E-state index in [1.807, 2.05) is 6.92 Å². The Labute approximate surface area is 138 Å². The Morgan fingerprint density at radius 3 is 2.83 bits per heavy atom. The smallest absolute Gasteiger partial charge is 0.279 e. The fraction of sp³-hybridized carbons (Fsp3) is 0.176. The summed E-state index contributed by atoms with van der Waals surface area (Å²) in [6.45, 7) is 1.81. The van der Waals surface area contributed by atoms with Crippen LogP contribution in [0.4, 0.5) is 15.8 Å². The molecule has 6 nitrogen and oxygen atoms in total. The van der Waals surface area contributed by atoms with Gasteiger partial charge in [-0.05, 0) is 36.8 Å². The van der Waals surface area contributed by atoms with Crippen LogP contribution in [0, 0.1) is 12.7 Å². The topological polar surface area (TPSA) is 70.2 Å². The fourth-order valence-electron chi connectivity index (χ4n) is 2.44. The number of carbonyl (C=O) groups is 1. The monoisotopic (exact) mass is 328 g/mol. The summed E-state index contributed by atoms with van der Waals surface area (Å²) >= 11 is 0. The molecule has 0 unspecified atom stereocenters. The highest BCUT2D eigenvalue weighted by Crippen LogP contribution is 2.31. The summed E-state index contributed by atoms with van der Waals surface area (Å²) in [6, 6.07) is 8.25. The van der Waals surface area contributed by atoms with E-state index >= 15 is 0 Å². The molecule has 1 aromatic heterocycles. The van der Waals surface area contributed by atoms with E-state index in [1.165, 1.54) is 20.2 Å². The van der Waals surface area contributed by atoms with Gasteiger partial charge < -0.3 is 5.32 Å². The summed E-state index contributed by atoms with van der Waals surface area (Å²) in [5.41, 5.74) is 2.66. The number of anilines is 2. The van der Waals surface area contributed by atoms with Crippen molar-refractivity contribution in [3.63, 3.8) is 0 Å². The molecule has 0 spiro atoms. The number of nitrogens with one attached hydrogen (secondary N) is 2. The summed E-state index contributed by atoms with van der Waals surface area (Å²) in [5, 5.41) is 11.6. The molecule has 0 aliphatic rings. The number of carbonyl (C=O) groups excluding carboxylic acids is 1. The molecular weight excluding hydrogens is 311 g/mol. The lowest BCUT2D eigenvalue weighted by atomic mass is 10.1. The number of rotatable bonds is 4. The predicted octanol–water partition coefficient (Wildman–Crippen LogP) is 3.39. The number of nitrogens with zero attached hydrogens (tertiary/aromatic N) is 2. The van der Waals surface area contributed by atoms with Crippen LogP contribution in [-0.2, 0) is 4.84 Å². The summed E-state index contributed by atoms with van der Waals surface area (Å²) < 4.78 is 14.2. The van der Waals surface area contributed by atoms with Crippen molar-refractivity contribution >= 4 is 28.2 Å². The van der Waals surface area contributed by atoms with Gasteiger partial charge in [0.1, 0.15) is 5.82 Å². The molecule has 124 valence electrons. The highest BCUT2D eigenvalue weighted by atomic mass is 19.1. The van der Waals surface area contributed by atoms with Crippen molar-refractivity contribution in [2.24, 2.45) is 0 Å². The second-order valence-electron chi connectivity index (χ2n) is 5.41. The molecule has 0 radical (unpaired) electrons. The Morgan fingerprint density at radius 1 is 1.33 bits per heavy atom. The molecule has 7 heteroatoms. The van der Waals surface area contributed by atoms with Gasteiger partial charge in [-0.2, -0.15) is 5.10 Å². The number of benzene rings is 2. The molecule has 2 N–H and O–H groups in total. The molecule has 1 heterocycles. The third-order valence-electron chi connectivity index (χ3n) is 3.80. The first kappa shape index (κ1) is 15.9. The fourth-order valence-corrected chi connectivity index (χ4v) is 2.44. The number of hydrogen-bond acceptors (Lipinski definition) is 4. The van der Waals surface area contributed by atoms with Crippen LogP contribution in [0.5, 0.6) is 0 Å². The van der Waals surface area contributed by atoms with E-state index in [2.05, 4.69) is 15.5 Å². The van der Waals surface area contributed by atoms with Crippen LogP contribution in [0.15, 0.2) is 36.5 Å². The van der Waals surface area contributed by atoms with Gasteiger partial charge in [-0.25, -0.2) is 9.45 Å². The van der Waals surface area contributed by atoms with Crippen molar-refractivity contribution < 1.29 is 14.0 Å². The lowest BCUT2D eigenvalue weighted by molar-refractivity contribution is -0.0756. The van der Waals surface area contributed by atoms with Crippen molar-refractivity contribution in [2.75, 3.05) is 19.5 Å². The summed E-state index contributed by atoms with van der Waals surface area (Å²) in [4.78, 5) is 17.5. The van der Waals surface area contributed by atoms with E-state index in [9.17, 15) is 9.18 Å². The first-order chi connectivity index (χ1) is 11.5. The molecule has 0 saturated carbocycles. The number of aromatic nitrogens is 2. The van der Waals surface area contributed by atoms with Crippen LogP contribution in [0.2, 0.25) is 0 Å². The average molecular weight is 328 g/mol. The minimum Gasteiger partial charge on any atom is -0.352 e. The molecule has 0 aliphatic heterocycles. The summed E-state index contributed by atoms with van der Waals surface area (Å²) in [7, 11) is 2.92. The lowest BCUT2D eigenvalue weighted by Gasteiger charge is -2.18. The summed E-state index contributed by atoms with van der Waals surface area (Å²) in [5.74, 6) is -0.746. The van der Waals surface area contributed by atoms with Crippen LogP contribution >= 0.6 is 0 Å². The number of fused-ring (bicyclic) bond motifs is 1.